The topological polar surface area (TPSA) is 94.3 Å². The van der Waals surface area contributed by atoms with Crippen LogP contribution in [-0.2, 0) is 19.7 Å². The molecule has 5 nitrogen and oxygen atoms in total. The molecule has 1 rings (SSSR count). The monoisotopic (exact) mass is 241 g/mol. The van der Waals surface area contributed by atoms with Crippen LogP contribution in [0.4, 0.5) is 0 Å². The maximum absolute atomic E-state index is 11.6. The van der Waals surface area contributed by atoms with E-state index in [2.05, 4.69) is 0 Å². The summed E-state index contributed by atoms with van der Waals surface area (Å²) in [4.78, 5) is 0. The van der Waals surface area contributed by atoms with Gasteiger partial charge in [-0.25, -0.2) is 16.8 Å². The third-order valence-corrected chi connectivity index (χ3v) is 6.59. The average molecular weight is 241 g/mol. The zero-order valence-electron chi connectivity index (χ0n) is 7.85. The highest BCUT2D eigenvalue weighted by Crippen LogP contribution is 2.19. The van der Waals surface area contributed by atoms with Crippen molar-refractivity contribution in [3.8, 4) is 0 Å². The molecule has 0 saturated carbocycles. The molecule has 2 N–H and O–H groups in total. The Morgan fingerprint density at radius 3 is 2.43 bits per heavy atom. The molecule has 0 amide bonds. The zero-order chi connectivity index (χ0) is 10.8. The van der Waals surface area contributed by atoms with E-state index >= 15 is 0 Å². The van der Waals surface area contributed by atoms with Crippen LogP contribution in [0.25, 0.3) is 0 Å². The van der Waals surface area contributed by atoms with Crippen LogP contribution in [0.2, 0.25) is 0 Å². The maximum atomic E-state index is 11.6. The Kier molecular flexibility index (Phi) is 3.54. The second-order valence-corrected chi connectivity index (χ2v) is 8.16. The van der Waals surface area contributed by atoms with Gasteiger partial charge in [-0.2, -0.15) is 0 Å². The van der Waals surface area contributed by atoms with Crippen LogP contribution in [-0.4, -0.2) is 45.9 Å². The summed E-state index contributed by atoms with van der Waals surface area (Å²) in [6.45, 7) is 0.318. The van der Waals surface area contributed by atoms with Crippen molar-refractivity contribution in [1.29, 1.82) is 0 Å². The summed E-state index contributed by atoms with van der Waals surface area (Å²) in [5.74, 6) is -0.205. The van der Waals surface area contributed by atoms with Crippen molar-refractivity contribution < 1.29 is 16.8 Å². The first-order valence-corrected chi connectivity index (χ1v) is 8.03. The van der Waals surface area contributed by atoms with Gasteiger partial charge in [-0.15, -0.1) is 0 Å². The maximum Gasteiger partial charge on any atom is 0.154 e. The van der Waals surface area contributed by atoms with Crippen molar-refractivity contribution in [1.82, 2.24) is 0 Å². The second kappa shape index (κ2) is 4.16. The number of nitrogens with two attached hydrogens (primary N) is 1. The lowest BCUT2D eigenvalue weighted by atomic mass is 10.4. The normalized spacial score (nSPS) is 26.5. The van der Waals surface area contributed by atoms with Crippen LogP contribution in [0.5, 0.6) is 0 Å². The van der Waals surface area contributed by atoms with Crippen molar-refractivity contribution in [2.75, 3.05) is 23.8 Å². The van der Waals surface area contributed by atoms with Gasteiger partial charge in [0.15, 0.2) is 19.7 Å². The van der Waals surface area contributed by atoms with Gasteiger partial charge in [0.1, 0.15) is 0 Å². The van der Waals surface area contributed by atoms with Gasteiger partial charge in [-0.3, -0.25) is 0 Å². The molecule has 0 spiro atoms. The summed E-state index contributed by atoms with van der Waals surface area (Å²) in [7, 11) is -6.37. The summed E-state index contributed by atoms with van der Waals surface area (Å²) < 4.78 is 45.3. The SMILES string of the molecule is NCCCS(=O)(=O)C1CCS(=O)(=O)C1. The van der Waals surface area contributed by atoms with Crippen molar-refractivity contribution >= 4 is 19.7 Å². The highest BCUT2D eigenvalue weighted by atomic mass is 32.2. The Labute approximate surface area is 84.5 Å². The minimum Gasteiger partial charge on any atom is -0.330 e. The summed E-state index contributed by atoms with van der Waals surface area (Å²) in [5.41, 5.74) is 5.20. The fourth-order valence-electron chi connectivity index (χ4n) is 1.50. The van der Waals surface area contributed by atoms with Gasteiger partial charge in [0.25, 0.3) is 0 Å². The van der Waals surface area contributed by atoms with Crippen LogP contribution in [0.1, 0.15) is 12.8 Å². The minimum absolute atomic E-state index is 0.000475. The van der Waals surface area contributed by atoms with Gasteiger partial charge in [0.05, 0.1) is 22.5 Å². The van der Waals surface area contributed by atoms with E-state index in [1.807, 2.05) is 0 Å². The molecule has 1 fully saturated rings. The van der Waals surface area contributed by atoms with Crippen LogP contribution in [0.15, 0.2) is 0 Å². The molecule has 0 aliphatic carbocycles. The lowest BCUT2D eigenvalue weighted by Crippen LogP contribution is -2.26. The lowest BCUT2D eigenvalue weighted by Gasteiger charge is -2.08. The van der Waals surface area contributed by atoms with E-state index in [1.165, 1.54) is 0 Å². The number of hydrogen-bond acceptors (Lipinski definition) is 5. The second-order valence-electron chi connectivity index (χ2n) is 3.53. The molecule has 14 heavy (non-hydrogen) atoms. The molecule has 1 unspecified atom stereocenters. The van der Waals surface area contributed by atoms with Gasteiger partial charge in [0, 0.05) is 0 Å². The fraction of sp³-hybridized carbons (Fsp3) is 1.00. The molecule has 1 aliphatic heterocycles. The van der Waals surface area contributed by atoms with E-state index in [-0.39, 0.29) is 23.7 Å². The highest BCUT2D eigenvalue weighted by Gasteiger charge is 2.36. The van der Waals surface area contributed by atoms with Gasteiger partial charge in [-0.1, -0.05) is 0 Å². The van der Waals surface area contributed by atoms with Gasteiger partial charge in [-0.05, 0) is 19.4 Å². The molecule has 7 heteroatoms. The summed E-state index contributed by atoms with van der Waals surface area (Å²) in [5, 5.41) is -0.695. The van der Waals surface area contributed by atoms with Crippen molar-refractivity contribution in [2.45, 2.75) is 18.1 Å². The van der Waals surface area contributed by atoms with Crippen LogP contribution < -0.4 is 5.73 Å². The van der Waals surface area contributed by atoms with Crippen molar-refractivity contribution in [2.24, 2.45) is 5.73 Å². The summed E-state index contributed by atoms with van der Waals surface area (Å²) >= 11 is 0. The van der Waals surface area contributed by atoms with Gasteiger partial charge >= 0.3 is 0 Å². The molecule has 1 atom stereocenters. The highest BCUT2D eigenvalue weighted by molar-refractivity contribution is 7.96. The molecule has 1 heterocycles. The molecule has 0 aromatic carbocycles. The van der Waals surface area contributed by atoms with E-state index in [4.69, 9.17) is 5.73 Å². The fourth-order valence-corrected chi connectivity index (χ4v) is 6.02. The molecular formula is C7H15NO4S2. The molecule has 0 bridgehead atoms. The number of sulfone groups is 2. The Morgan fingerprint density at radius 1 is 1.36 bits per heavy atom. The van der Waals surface area contributed by atoms with E-state index in [9.17, 15) is 16.8 Å². The summed E-state index contributed by atoms with van der Waals surface area (Å²) in [6.07, 6.45) is 0.647. The molecule has 1 aliphatic rings. The molecular weight excluding hydrogens is 226 g/mol. The average Bonchev–Trinajstić information content (AvgIpc) is 2.43. The molecule has 0 aromatic rings. The van der Waals surface area contributed by atoms with Crippen LogP contribution >= 0.6 is 0 Å². The molecule has 84 valence electrons. The standard InChI is InChI=1S/C7H15NO4S2/c8-3-1-4-14(11,12)7-2-5-13(9,10)6-7/h7H,1-6,8H2. The van der Waals surface area contributed by atoms with Gasteiger partial charge < -0.3 is 5.73 Å². The minimum atomic E-state index is -3.25. The quantitative estimate of drug-likeness (QED) is 0.677. The predicted molar refractivity (Wildman–Crippen MR) is 54.5 cm³/mol. The van der Waals surface area contributed by atoms with E-state index in [0.29, 0.717) is 13.0 Å². The van der Waals surface area contributed by atoms with E-state index < -0.39 is 24.9 Å². The largest absolute Gasteiger partial charge is 0.330 e. The summed E-state index contributed by atoms with van der Waals surface area (Å²) in [6, 6.07) is 0. The smallest absolute Gasteiger partial charge is 0.154 e. The van der Waals surface area contributed by atoms with Crippen LogP contribution in [0, 0.1) is 0 Å². The predicted octanol–water partition coefficient (Wildman–Crippen LogP) is -1.06. The molecule has 0 radical (unpaired) electrons. The lowest BCUT2D eigenvalue weighted by molar-refractivity contribution is 0.580. The number of rotatable bonds is 4. The van der Waals surface area contributed by atoms with Crippen LogP contribution in [0.3, 0.4) is 0 Å². The van der Waals surface area contributed by atoms with Gasteiger partial charge in [0.2, 0.25) is 0 Å². The Bertz CT molecular complexity index is 384. The van der Waals surface area contributed by atoms with E-state index in [0.717, 1.165) is 0 Å². The van der Waals surface area contributed by atoms with Crippen molar-refractivity contribution in [3.63, 3.8) is 0 Å². The van der Waals surface area contributed by atoms with Crippen molar-refractivity contribution in [3.05, 3.63) is 0 Å². The third kappa shape index (κ3) is 2.93. The molecule has 1 saturated heterocycles. The third-order valence-electron chi connectivity index (χ3n) is 2.33. The number of hydrogen-bond donors (Lipinski definition) is 1. The Balaban J connectivity index is 2.67. The first-order chi connectivity index (χ1) is 6.37. The molecule has 0 aromatic heterocycles. The first kappa shape index (κ1) is 11.9. The van der Waals surface area contributed by atoms with E-state index in [1.54, 1.807) is 0 Å². The first-order valence-electron chi connectivity index (χ1n) is 4.49. The Hall–Kier alpha value is -0.140. The Morgan fingerprint density at radius 2 is 2.00 bits per heavy atom. The zero-order valence-corrected chi connectivity index (χ0v) is 9.48.